The van der Waals surface area contributed by atoms with Crippen molar-refractivity contribution < 1.29 is 9.47 Å². The first-order chi connectivity index (χ1) is 10.3. The summed E-state index contributed by atoms with van der Waals surface area (Å²) in [4.78, 5) is 0. The lowest BCUT2D eigenvalue weighted by molar-refractivity contribution is -0.0367. The Bertz CT molecular complexity index is 410. The Hall–Kier alpha value is -1.06. The van der Waals surface area contributed by atoms with E-state index in [9.17, 15) is 0 Å². The van der Waals surface area contributed by atoms with Crippen LogP contribution in [0.4, 0.5) is 0 Å². The maximum absolute atomic E-state index is 6.00. The highest BCUT2D eigenvalue weighted by molar-refractivity contribution is 5.31. The van der Waals surface area contributed by atoms with Crippen molar-refractivity contribution in [1.82, 2.24) is 5.32 Å². The highest BCUT2D eigenvalue weighted by atomic mass is 16.5. The lowest BCUT2D eigenvalue weighted by Crippen LogP contribution is -2.43. The van der Waals surface area contributed by atoms with Crippen LogP contribution < -0.4 is 10.1 Å². The molecule has 21 heavy (non-hydrogen) atoms. The summed E-state index contributed by atoms with van der Waals surface area (Å²) in [5.74, 6) is 0.938. The molecule has 118 valence electrons. The van der Waals surface area contributed by atoms with Crippen molar-refractivity contribution in [1.29, 1.82) is 0 Å². The van der Waals surface area contributed by atoms with Crippen LogP contribution in [0.25, 0.3) is 0 Å². The zero-order chi connectivity index (χ0) is 15.1. The number of methoxy groups -OCH3 is 1. The van der Waals surface area contributed by atoms with Gasteiger partial charge < -0.3 is 14.8 Å². The van der Waals surface area contributed by atoms with Gasteiger partial charge in [-0.1, -0.05) is 31.9 Å². The van der Waals surface area contributed by atoms with Crippen LogP contribution in [-0.4, -0.2) is 25.9 Å². The molecule has 1 aliphatic rings. The van der Waals surface area contributed by atoms with Crippen molar-refractivity contribution in [2.24, 2.45) is 0 Å². The maximum atomic E-state index is 6.00. The summed E-state index contributed by atoms with van der Waals surface area (Å²) in [6.07, 6.45) is 5.92. The Labute approximate surface area is 129 Å². The first kappa shape index (κ1) is 16.3. The van der Waals surface area contributed by atoms with Crippen molar-refractivity contribution in [3.63, 3.8) is 0 Å². The molecule has 0 radical (unpaired) electrons. The molecule has 0 amide bonds. The molecule has 3 nitrogen and oxygen atoms in total. The van der Waals surface area contributed by atoms with Crippen molar-refractivity contribution >= 4 is 0 Å². The van der Waals surface area contributed by atoms with E-state index in [1.165, 1.54) is 18.4 Å². The van der Waals surface area contributed by atoms with E-state index < -0.39 is 0 Å². The van der Waals surface area contributed by atoms with E-state index in [2.05, 4.69) is 36.5 Å². The van der Waals surface area contributed by atoms with Gasteiger partial charge in [-0.3, -0.25) is 0 Å². The van der Waals surface area contributed by atoms with Crippen LogP contribution in [0.2, 0.25) is 0 Å². The molecule has 0 saturated heterocycles. The Morgan fingerprint density at radius 2 is 1.81 bits per heavy atom. The maximum Gasteiger partial charge on any atom is 0.119 e. The van der Waals surface area contributed by atoms with Crippen LogP contribution in [0.5, 0.6) is 5.75 Å². The summed E-state index contributed by atoms with van der Waals surface area (Å²) < 4.78 is 11.5. The molecule has 1 aromatic rings. The predicted molar refractivity (Wildman–Crippen MR) is 86.9 cm³/mol. The number of benzene rings is 1. The molecule has 1 atom stereocenters. The van der Waals surface area contributed by atoms with Crippen molar-refractivity contribution in [2.45, 2.75) is 57.6 Å². The summed E-state index contributed by atoms with van der Waals surface area (Å²) in [6.45, 7) is 5.94. The summed E-state index contributed by atoms with van der Waals surface area (Å²) in [6, 6.07) is 8.75. The van der Waals surface area contributed by atoms with E-state index in [0.29, 0.717) is 6.61 Å². The highest BCUT2D eigenvalue weighted by Gasteiger charge is 2.42. The van der Waals surface area contributed by atoms with E-state index in [-0.39, 0.29) is 11.6 Å². The van der Waals surface area contributed by atoms with Gasteiger partial charge in [0.05, 0.1) is 18.2 Å². The summed E-state index contributed by atoms with van der Waals surface area (Å²) >= 11 is 0. The molecule has 0 aromatic heterocycles. The monoisotopic (exact) mass is 291 g/mol. The first-order valence-electron chi connectivity index (χ1n) is 8.27. The fourth-order valence-corrected chi connectivity index (χ4v) is 3.40. The molecule has 1 fully saturated rings. The minimum atomic E-state index is -0.0533. The van der Waals surface area contributed by atoms with Crippen LogP contribution in [0.15, 0.2) is 24.3 Å². The number of rotatable bonds is 8. The zero-order valence-electron chi connectivity index (χ0n) is 13.7. The van der Waals surface area contributed by atoms with Crippen LogP contribution in [0.3, 0.4) is 0 Å². The molecule has 0 spiro atoms. The van der Waals surface area contributed by atoms with Crippen molar-refractivity contribution in [3.8, 4) is 5.75 Å². The van der Waals surface area contributed by atoms with Gasteiger partial charge in [0.1, 0.15) is 5.75 Å². The topological polar surface area (TPSA) is 30.5 Å². The predicted octanol–water partition coefficient (Wildman–Crippen LogP) is 4.09. The van der Waals surface area contributed by atoms with Gasteiger partial charge >= 0.3 is 0 Å². The van der Waals surface area contributed by atoms with E-state index in [4.69, 9.17) is 9.47 Å². The number of hydrogen-bond acceptors (Lipinski definition) is 3. The second-order valence-corrected chi connectivity index (χ2v) is 5.87. The van der Waals surface area contributed by atoms with Crippen molar-refractivity contribution in [3.05, 3.63) is 29.8 Å². The second-order valence-electron chi connectivity index (χ2n) is 5.87. The molecule has 1 aromatic carbocycles. The van der Waals surface area contributed by atoms with E-state index in [1.54, 1.807) is 0 Å². The molecule has 1 saturated carbocycles. The lowest BCUT2D eigenvalue weighted by atomic mass is 9.86. The van der Waals surface area contributed by atoms with Crippen LogP contribution >= 0.6 is 0 Å². The molecular weight excluding hydrogens is 262 g/mol. The fourth-order valence-electron chi connectivity index (χ4n) is 3.40. The SMILES string of the molecule is CCCNC(c1ccc(OCC)cc1)C1(OC)CCCC1. The average Bonchev–Trinajstić information content (AvgIpc) is 2.99. The number of hydrogen-bond donors (Lipinski definition) is 1. The van der Waals surface area contributed by atoms with Gasteiger partial charge in [0.15, 0.2) is 0 Å². The number of ether oxygens (including phenoxy) is 2. The Morgan fingerprint density at radius 3 is 2.33 bits per heavy atom. The third kappa shape index (κ3) is 3.78. The fraction of sp³-hybridized carbons (Fsp3) is 0.667. The third-order valence-corrected chi connectivity index (χ3v) is 4.51. The van der Waals surface area contributed by atoms with E-state index in [1.807, 2.05) is 14.0 Å². The van der Waals surface area contributed by atoms with Crippen LogP contribution in [0.1, 0.15) is 57.6 Å². The summed E-state index contributed by atoms with van der Waals surface area (Å²) in [5, 5.41) is 3.71. The zero-order valence-corrected chi connectivity index (χ0v) is 13.7. The van der Waals surface area contributed by atoms with E-state index >= 15 is 0 Å². The molecule has 3 heteroatoms. The largest absolute Gasteiger partial charge is 0.494 e. The Balaban J connectivity index is 2.22. The summed E-state index contributed by atoms with van der Waals surface area (Å²) in [5.41, 5.74) is 1.25. The second kappa shape index (κ2) is 7.81. The first-order valence-corrected chi connectivity index (χ1v) is 8.27. The molecular formula is C18H29NO2. The van der Waals surface area contributed by atoms with Gasteiger partial charge in [0, 0.05) is 7.11 Å². The van der Waals surface area contributed by atoms with E-state index in [0.717, 1.165) is 31.6 Å². The van der Waals surface area contributed by atoms with Gasteiger partial charge in [-0.05, 0) is 50.4 Å². The Morgan fingerprint density at radius 1 is 1.14 bits per heavy atom. The smallest absolute Gasteiger partial charge is 0.119 e. The van der Waals surface area contributed by atoms with Gasteiger partial charge in [0.25, 0.3) is 0 Å². The minimum Gasteiger partial charge on any atom is -0.494 e. The standard InChI is InChI=1S/C18H29NO2/c1-4-14-19-17(18(20-3)12-6-7-13-18)15-8-10-16(11-9-15)21-5-2/h8-11,17,19H,4-7,12-14H2,1-3H3. The molecule has 0 heterocycles. The highest BCUT2D eigenvalue weighted by Crippen LogP contribution is 2.42. The van der Waals surface area contributed by atoms with Gasteiger partial charge in [0.2, 0.25) is 0 Å². The molecule has 1 unspecified atom stereocenters. The quantitative estimate of drug-likeness (QED) is 0.782. The van der Waals surface area contributed by atoms with Gasteiger partial charge in [-0.2, -0.15) is 0 Å². The van der Waals surface area contributed by atoms with Crippen LogP contribution in [0, 0.1) is 0 Å². The summed E-state index contributed by atoms with van der Waals surface area (Å²) in [7, 11) is 1.86. The van der Waals surface area contributed by atoms with Crippen molar-refractivity contribution in [2.75, 3.05) is 20.3 Å². The minimum absolute atomic E-state index is 0.0533. The molecule has 1 N–H and O–H groups in total. The van der Waals surface area contributed by atoms with Gasteiger partial charge in [-0.15, -0.1) is 0 Å². The average molecular weight is 291 g/mol. The Kier molecular flexibility index (Phi) is 6.07. The van der Waals surface area contributed by atoms with Crippen LogP contribution in [-0.2, 0) is 4.74 Å². The number of nitrogens with one attached hydrogen (secondary N) is 1. The van der Waals surface area contributed by atoms with Gasteiger partial charge in [-0.25, -0.2) is 0 Å². The normalized spacial score (nSPS) is 18.6. The molecule has 1 aliphatic carbocycles. The lowest BCUT2D eigenvalue weighted by Gasteiger charge is -2.37. The molecule has 0 aliphatic heterocycles. The molecule has 0 bridgehead atoms. The molecule has 2 rings (SSSR count). The third-order valence-electron chi connectivity index (χ3n) is 4.51.